The second-order valence-electron chi connectivity index (χ2n) is 5.18. The SMILES string of the molecule is COc1cccc(NC(=O)CSc2nnc(-c3cccnc3)n2C)c1. The van der Waals surface area contributed by atoms with Gasteiger partial charge in [-0.25, -0.2) is 0 Å². The molecule has 0 bridgehead atoms. The van der Waals surface area contributed by atoms with Crippen LogP contribution in [0.3, 0.4) is 0 Å². The van der Waals surface area contributed by atoms with E-state index < -0.39 is 0 Å². The molecule has 0 saturated carbocycles. The molecule has 8 heteroatoms. The molecule has 0 unspecified atom stereocenters. The number of benzene rings is 1. The number of ether oxygens (including phenoxy) is 1. The van der Waals surface area contributed by atoms with Crippen LogP contribution in [0, 0.1) is 0 Å². The molecule has 0 fully saturated rings. The number of hydrogen-bond donors (Lipinski definition) is 1. The summed E-state index contributed by atoms with van der Waals surface area (Å²) < 4.78 is 6.99. The predicted octanol–water partition coefficient (Wildman–Crippen LogP) is 2.62. The van der Waals surface area contributed by atoms with Crippen molar-refractivity contribution < 1.29 is 9.53 Å². The second kappa shape index (κ2) is 7.80. The highest BCUT2D eigenvalue weighted by Crippen LogP contribution is 2.22. The average Bonchev–Trinajstić information content (AvgIpc) is 3.01. The molecule has 1 amide bonds. The quantitative estimate of drug-likeness (QED) is 0.685. The van der Waals surface area contributed by atoms with Crippen LogP contribution in [0.25, 0.3) is 11.4 Å². The summed E-state index contributed by atoms with van der Waals surface area (Å²) in [6.07, 6.45) is 3.44. The lowest BCUT2D eigenvalue weighted by Gasteiger charge is -2.07. The number of hydrogen-bond acceptors (Lipinski definition) is 6. The van der Waals surface area contributed by atoms with Gasteiger partial charge in [0, 0.05) is 36.8 Å². The Morgan fingerprint density at radius 1 is 1.28 bits per heavy atom. The first-order chi connectivity index (χ1) is 12.2. The van der Waals surface area contributed by atoms with E-state index in [-0.39, 0.29) is 11.7 Å². The summed E-state index contributed by atoms with van der Waals surface area (Å²) in [6.45, 7) is 0. The summed E-state index contributed by atoms with van der Waals surface area (Å²) in [6, 6.07) is 11.0. The maximum absolute atomic E-state index is 12.1. The van der Waals surface area contributed by atoms with Gasteiger partial charge in [0.2, 0.25) is 5.91 Å². The third-order valence-electron chi connectivity index (χ3n) is 3.44. The molecule has 2 aromatic heterocycles. The first-order valence-electron chi connectivity index (χ1n) is 7.54. The zero-order chi connectivity index (χ0) is 17.6. The van der Waals surface area contributed by atoms with Gasteiger partial charge in [0.25, 0.3) is 0 Å². The van der Waals surface area contributed by atoms with Crippen LogP contribution >= 0.6 is 11.8 Å². The molecule has 0 aliphatic heterocycles. The summed E-state index contributed by atoms with van der Waals surface area (Å²) >= 11 is 1.33. The number of carbonyl (C=O) groups excluding carboxylic acids is 1. The Hall–Kier alpha value is -2.87. The summed E-state index contributed by atoms with van der Waals surface area (Å²) in [5, 5.41) is 11.8. The molecule has 128 valence electrons. The highest BCUT2D eigenvalue weighted by atomic mass is 32.2. The number of carbonyl (C=O) groups is 1. The highest BCUT2D eigenvalue weighted by molar-refractivity contribution is 7.99. The minimum Gasteiger partial charge on any atom is -0.497 e. The van der Waals surface area contributed by atoms with Crippen LogP contribution in [-0.4, -0.2) is 38.5 Å². The molecule has 0 spiro atoms. The Balaban J connectivity index is 1.62. The molecule has 2 heterocycles. The average molecular weight is 355 g/mol. The minimum atomic E-state index is -0.121. The molecule has 7 nitrogen and oxygen atoms in total. The Morgan fingerprint density at radius 2 is 2.16 bits per heavy atom. The van der Waals surface area contributed by atoms with Gasteiger partial charge in [-0.1, -0.05) is 17.8 Å². The van der Waals surface area contributed by atoms with Crippen LogP contribution in [-0.2, 0) is 11.8 Å². The van der Waals surface area contributed by atoms with Crippen LogP contribution in [0.5, 0.6) is 5.75 Å². The van der Waals surface area contributed by atoms with E-state index in [9.17, 15) is 4.79 Å². The van der Waals surface area contributed by atoms with Crippen molar-refractivity contribution in [3.05, 3.63) is 48.8 Å². The van der Waals surface area contributed by atoms with Gasteiger partial charge in [-0.15, -0.1) is 10.2 Å². The number of thioether (sulfide) groups is 1. The van der Waals surface area contributed by atoms with E-state index in [4.69, 9.17) is 4.74 Å². The molecule has 0 aliphatic rings. The molecule has 25 heavy (non-hydrogen) atoms. The van der Waals surface area contributed by atoms with E-state index in [1.165, 1.54) is 11.8 Å². The van der Waals surface area contributed by atoms with Gasteiger partial charge in [-0.3, -0.25) is 9.78 Å². The van der Waals surface area contributed by atoms with Gasteiger partial charge in [0.1, 0.15) is 5.75 Å². The Bertz CT molecular complexity index is 866. The van der Waals surface area contributed by atoms with Gasteiger partial charge >= 0.3 is 0 Å². The van der Waals surface area contributed by atoms with Gasteiger partial charge in [-0.2, -0.15) is 0 Å². The highest BCUT2D eigenvalue weighted by Gasteiger charge is 2.13. The van der Waals surface area contributed by atoms with Crippen LogP contribution in [0.2, 0.25) is 0 Å². The van der Waals surface area contributed by atoms with E-state index in [0.29, 0.717) is 22.4 Å². The van der Waals surface area contributed by atoms with Gasteiger partial charge < -0.3 is 14.6 Å². The first-order valence-corrected chi connectivity index (χ1v) is 8.52. The largest absolute Gasteiger partial charge is 0.497 e. The number of aromatic nitrogens is 4. The van der Waals surface area contributed by atoms with Crippen molar-refractivity contribution in [2.75, 3.05) is 18.2 Å². The first kappa shape index (κ1) is 17.0. The van der Waals surface area contributed by atoms with Crippen molar-refractivity contribution in [2.45, 2.75) is 5.16 Å². The molecule has 1 N–H and O–H groups in total. The number of nitrogens with zero attached hydrogens (tertiary/aromatic N) is 4. The monoisotopic (exact) mass is 355 g/mol. The van der Waals surface area contributed by atoms with Crippen molar-refractivity contribution in [2.24, 2.45) is 7.05 Å². The third kappa shape index (κ3) is 4.16. The molecule has 3 rings (SSSR count). The lowest BCUT2D eigenvalue weighted by Crippen LogP contribution is -2.14. The van der Waals surface area contributed by atoms with Gasteiger partial charge in [0.15, 0.2) is 11.0 Å². The molecule has 0 atom stereocenters. The fourth-order valence-corrected chi connectivity index (χ4v) is 2.93. The van der Waals surface area contributed by atoms with Gasteiger partial charge in [-0.05, 0) is 24.3 Å². The molecule has 3 aromatic rings. The smallest absolute Gasteiger partial charge is 0.234 e. The zero-order valence-electron chi connectivity index (χ0n) is 13.8. The van der Waals surface area contributed by atoms with Crippen molar-refractivity contribution in [3.8, 4) is 17.1 Å². The number of methoxy groups -OCH3 is 1. The van der Waals surface area contributed by atoms with Crippen LogP contribution < -0.4 is 10.1 Å². The summed E-state index contributed by atoms with van der Waals surface area (Å²) in [7, 11) is 3.45. The molecular formula is C17H17N5O2S. The second-order valence-corrected chi connectivity index (χ2v) is 6.12. The number of amides is 1. The summed E-state index contributed by atoms with van der Waals surface area (Å²) in [5.41, 5.74) is 1.57. The van der Waals surface area contributed by atoms with Crippen LogP contribution in [0.15, 0.2) is 53.9 Å². The van der Waals surface area contributed by atoms with Crippen molar-refractivity contribution >= 4 is 23.4 Å². The van der Waals surface area contributed by atoms with Crippen LogP contribution in [0.1, 0.15) is 0 Å². The standard InChI is InChI=1S/C17H17N5O2S/c1-22-16(12-5-4-8-18-10-12)20-21-17(22)25-11-15(23)19-13-6-3-7-14(9-13)24-2/h3-10H,11H2,1-2H3,(H,19,23). The van der Waals surface area contributed by atoms with E-state index in [1.807, 2.05) is 41.9 Å². The third-order valence-corrected chi connectivity index (χ3v) is 4.46. The predicted molar refractivity (Wildman–Crippen MR) is 96.6 cm³/mol. The van der Waals surface area contributed by atoms with Gasteiger partial charge in [0.05, 0.1) is 12.9 Å². The normalized spacial score (nSPS) is 10.5. The van der Waals surface area contributed by atoms with Crippen molar-refractivity contribution in [1.82, 2.24) is 19.7 Å². The maximum atomic E-state index is 12.1. The minimum absolute atomic E-state index is 0.121. The Kier molecular flexibility index (Phi) is 5.30. The Labute approximate surface area is 149 Å². The van der Waals surface area contributed by atoms with E-state index >= 15 is 0 Å². The zero-order valence-corrected chi connectivity index (χ0v) is 14.7. The molecular weight excluding hydrogens is 338 g/mol. The lowest BCUT2D eigenvalue weighted by atomic mass is 10.3. The summed E-state index contributed by atoms with van der Waals surface area (Å²) in [4.78, 5) is 16.2. The van der Waals surface area contributed by atoms with Crippen molar-refractivity contribution in [3.63, 3.8) is 0 Å². The Morgan fingerprint density at radius 3 is 2.92 bits per heavy atom. The lowest BCUT2D eigenvalue weighted by molar-refractivity contribution is -0.113. The molecule has 0 radical (unpaired) electrons. The number of nitrogens with one attached hydrogen (secondary N) is 1. The molecule has 0 aliphatic carbocycles. The van der Waals surface area contributed by atoms with E-state index in [0.717, 1.165) is 5.56 Å². The van der Waals surface area contributed by atoms with E-state index in [2.05, 4.69) is 20.5 Å². The fraction of sp³-hybridized carbons (Fsp3) is 0.176. The fourth-order valence-electron chi connectivity index (χ4n) is 2.21. The van der Waals surface area contributed by atoms with Crippen LogP contribution in [0.4, 0.5) is 5.69 Å². The van der Waals surface area contributed by atoms with Crippen molar-refractivity contribution in [1.29, 1.82) is 0 Å². The summed E-state index contributed by atoms with van der Waals surface area (Å²) in [5.74, 6) is 1.52. The maximum Gasteiger partial charge on any atom is 0.234 e. The number of pyridine rings is 1. The number of anilines is 1. The molecule has 0 saturated heterocycles. The number of rotatable bonds is 6. The van der Waals surface area contributed by atoms with E-state index in [1.54, 1.807) is 25.6 Å². The topological polar surface area (TPSA) is 81.9 Å². The molecule has 1 aromatic carbocycles.